The topological polar surface area (TPSA) is 61.8 Å². The van der Waals surface area contributed by atoms with Crippen molar-refractivity contribution in [1.82, 2.24) is 0 Å². The van der Waals surface area contributed by atoms with E-state index < -0.39 is 5.82 Å². The van der Waals surface area contributed by atoms with Crippen LogP contribution in [0.1, 0.15) is 18.4 Å². The Kier molecular flexibility index (Phi) is 3.17. The van der Waals surface area contributed by atoms with Gasteiger partial charge in [-0.15, -0.1) is 0 Å². The fourth-order valence-corrected chi connectivity index (χ4v) is 1.92. The molecular formula is C12H16FN3O. The predicted octanol–water partition coefficient (Wildman–Crippen LogP) is 1.77. The lowest BCUT2D eigenvalue weighted by atomic mass is 10.1. The molecule has 1 aromatic carbocycles. The minimum absolute atomic E-state index is 0.165. The van der Waals surface area contributed by atoms with Crippen molar-refractivity contribution in [2.45, 2.75) is 12.8 Å². The first-order valence-corrected chi connectivity index (χ1v) is 5.61. The molecule has 1 saturated carbocycles. The summed E-state index contributed by atoms with van der Waals surface area (Å²) in [5, 5.41) is 11.6. The maximum atomic E-state index is 13.7. The minimum atomic E-state index is -0.472. The van der Waals surface area contributed by atoms with Gasteiger partial charge in [-0.2, -0.15) is 0 Å². The Balaban J connectivity index is 2.34. The van der Waals surface area contributed by atoms with Gasteiger partial charge in [0, 0.05) is 13.6 Å². The first kappa shape index (κ1) is 11.7. The van der Waals surface area contributed by atoms with E-state index in [2.05, 4.69) is 5.16 Å². The van der Waals surface area contributed by atoms with Crippen LogP contribution in [0, 0.1) is 11.7 Å². The maximum absolute atomic E-state index is 13.7. The third kappa shape index (κ3) is 2.49. The Morgan fingerprint density at radius 3 is 2.88 bits per heavy atom. The summed E-state index contributed by atoms with van der Waals surface area (Å²) >= 11 is 0. The van der Waals surface area contributed by atoms with Gasteiger partial charge in [-0.25, -0.2) is 4.39 Å². The molecule has 0 aliphatic heterocycles. The summed E-state index contributed by atoms with van der Waals surface area (Å²) in [6, 6.07) is 4.71. The Bertz CT molecular complexity index is 443. The number of anilines is 1. The lowest BCUT2D eigenvalue weighted by Crippen LogP contribution is -2.25. The number of nitrogens with zero attached hydrogens (tertiary/aromatic N) is 2. The number of rotatable bonds is 4. The quantitative estimate of drug-likeness (QED) is 0.363. The van der Waals surface area contributed by atoms with Gasteiger partial charge in [0.25, 0.3) is 0 Å². The lowest BCUT2D eigenvalue weighted by molar-refractivity contribution is 0.318. The van der Waals surface area contributed by atoms with Crippen LogP contribution in [0.25, 0.3) is 0 Å². The molecule has 0 radical (unpaired) electrons. The third-order valence-corrected chi connectivity index (χ3v) is 3.00. The van der Waals surface area contributed by atoms with Crippen LogP contribution >= 0.6 is 0 Å². The summed E-state index contributed by atoms with van der Waals surface area (Å²) in [7, 11) is 1.89. The Morgan fingerprint density at radius 2 is 2.29 bits per heavy atom. The third-order valence-electron chi connectivity index (χ3n) is 3.00. The highest BCUT2D eigenvalue weighted by Gasteiger charge is 2.25. The smallest absolute Gasteiger partial charge is 0.175 e. The van der Waals surface area contributed by atoms with Gasteiger partial charge in [-0.3, -0.25) is 0 Å². The normalized spacial score (nSPS) is 16.0. The van der Waals surface area contributed by atoms with Gasteiger partial charge in [-0.05, 0) is 30.9 Å². The molecule has 0 heterocycles. The van der Waals surface area contributed by atoms with Gasteiger partial charge in [-0.1, -0.05) is 11.2 Å². The van der Waals surface area contributed by atoms with Crippen molar-refractivity contribution in [2.75, 3.05) is 18.5 Å². The number of halogens is 1. The van der Waals surface area contributed by atoms with Crippen LogP contribution in [-0.4, -0.2) is 24.6 Å². The SMILES string of the molecule is CN(CC1CC1)c1cccc(F)c1C(N)=NO. The highest BCUT2D eigenvalue weighted by molar-refractivity contribution is 6.02. The molecule has 0 atom stereocenters. The van der Waals surface area contributed by atoms with E-state index >= 15 is 0 Å². The number of amidine groups is 1. The lowest BCUT2D eigenvalue weighted by Gasteiger charge is -2.22. The molecular weight excluding hydrogens is 221 g/mol. The van der Waals surface area contributed by atoms with Crippen molar-refractivity contribution in [3.63, 3.8) is 0 Å². The van der Waals surface area contributed by atoms with Crippen molar-refractivity contribution in [1.29, 1.82) is 0 Å². The van der Waals surface area contributed by atoms with E-state index in [1.54, 1.807) is 12.1 Å². The van der Waals surface area contributed by atoms with E-state index in [0.717, 1.165) is 6.54 Å². The molecule has 1 aliphatic rings. The molecule has 0 saturated heterocycles. The van der Waals surface area contributed by atoms with Crippen molar-refractivity contribution in [2.24, 2.45) is 16.8 Å². The van der Waals surface area contributed by atoms with Crippen molar-refractivity contribution in [3.8, 4) is 0 Å². The second-order valence-electron chi connectivity index (χ2n) is 4.44. The molecule has 0 amide bonds. The van der Waals surface area contributed by atoms with Crippen molar-refractivity contribution >= 4 is 11.5 Å². The fourth-order valence-electron chi connectivity index (χ4n) is 1.92. The van der Waals surface area contributed by atoms with E-state index in [-0.39, 0.29) is 11.4 Å². The second kappa shape index (κ2) is 4.61. The van der Waals surface area contributed by atoms with Crippen LogP contribution in [0.3, 0.4) is 0 Å². The predicted molar refractivity (Wildman–Crippen MR) is 64.9 cm³/mol. The van der Waals surface area contributed by atoms with E-state index in [9.17, 15) is 4.39 Å². The van der Waals surface area contributed by atoms with E-state index in [1.165, 1.54) is 18.9 Å². The van der Waals surface area contributed by atoms with E-state index in [4.69, 9.17) is 10.9 Å². The molecule has 2 rings (SSSR count). The number of hydrogen-bond donors (Lipinski definition) is 2. The summed E-state index contributed by atoms with van der Waals surface area (Å²) in [5.74, 6) is 0.0181. The van der Waals surface area contributed by atoms with Crippen molar-refractivity contribution in [3.05, 3.63) is 29.6 Å². The molecule has 1 aliphatic carbocycles. The summed E-state index contributed by atoms with van der Waals surface area (Å²) in [6.45, 7) is 0.870. The first-order chi connectivity index (χ1) is 8.13. The minimum Gasteiger partial charge on any atom is -0.409 e. The summed E-state index contributed by atoms with van der Waals surface area (Å²) in [5.41, 5.74) is 6.34. The number of nitrogens with two attached hydrogens (primary N) is 1. The van der Waals surface area contributed by atoms with Gasteiger partial charge in [0.2, 0.25) is 0 Å². The van der Waals surface area contributed by atoms with Crippen LogP contribution in [0.2, 0.25) is 0 Å². The fraction of sp³-hybridized carbons (Fsp3) is 0.417. The summed E-state index contributed by atoms with van der Waals surface area (Å²) < 4.78 is 13.7. The standard InChI is InChI=1S/C12H16FN3O/c1-16(7-8-5-6-8)10-4-2-3-9(13)11(10)12(14)15-17/h2-4,8,17H,5-7H2,1H3,(H2,14,15). The molecule has 5 heteroatoms. The number of hydrogen-bond acceptors (Lipinski definition) is 3. The zero-order valence-electron chi connectivity index (χ0n) is 9.73. The van der Waals surface area contributed by atoms with Crippen LogP contribution in [0.4, 0.5) is 10.1 Å². The summed E-state index contributed by atoms with van der Waals surface area (Å²) in [4.78, 5) is 1.95. The largest absolute Gasteiger partial charge is 0.409 e. The van der Waals surface area contributed by atoms with Gasteiger partial charge in [0.15, 0.2) is 5.84 Å². The number of oxime groups is 1. The molecule has 1 fully saturated rings. The number of benzene rings is 1. The average molecular weight is 237 g/mol. The van der Waals surface area contributed by atoms with Crippen LogP contribution in [0.15, 0.2) is 23.4 Å². The van der Waals surface area contributed by atoms with Gasteiger partial charge >= 0.3 is 0 Å². The Hall–Kier alpha value is -1.78. The zero-order valence-corrected chi connectivity index (χ0v) is 9.73. The Morgan fingerprint density at radius 1 is 1.59 bits per heavy atom. The van der Waals surface area contributed by atoms with E-state index in [0.29, 0.717) is 11.6 Å². The molecule has 0 aromatic heterocycles. The van der Waals surface area contributed by atoms with Crippen LogP contribution in [-0.2, 0) is 0 Å². The molecule has 17 heavy (non-hydrogen) atoms. The monoisotopic (exact) mass is 237 g/mol. The van der Waals surface area contributed by atoms with Crippen LogP contribution in [0.5, 0.6) is 0 Å². The average Bonchev–Trinajstić information content (AvgIpc) is 3.11. The van der Waals surface area contributed by atoms with E-state index in [1.807, 2.05) is 11.9 Å². The Labute approximate surface area is 99.5 Å². The molecule has 0 spiro atoms. The molecule has 4 nitrogen and oxygen atoms in total. The molecule has 3 N–H and O–H groups in total. The van der Waals surface area contributed by atoms with Crippen LogP contribution < -0.4 is 10.6 Å². The molecule has 0 bridgehead atoms. The second-order valence-corrected chi connectivity index (χ2v) is 4.44. The summed E-state index contributed by atoms with van der Waals surface area (Å²) in [6.07, 6.45) is 2.44. The maximum Gasteiger partial charge on any atom is 0.175 e. The molecule has 0 unspecified atom stereocenters. The zero-order chi connectivity index (χ0) is 12.4. The van der Waals surface area contributed by atoms with Gasteiger partial charge < -0.3 is 15.8 Å². The molecule has 1 aromatic rings. The van der Waals surface area contributed by atoms with Gasteiger partial charge in [0.05, 0.1) is 11.3 Å². The van der Waals surface area contributed by atoms with Gasteiger partial charge in [0.1, 0.15) is 5.82 Å². The highest BCUT2D eigenvalue weighted by atomic mass is 19.1. The highest BCUT2D eigenvalue weighted by Crippen LogP contribution is 2.32. The van der Waals surface area contributed by atoms with Crippen molar-refractivity contribution < 1.29 is 9.60 Å². The first-order valence-electron chi connectivity index (χ1n) is 5.61. The molecule has 92 valence electrons.